The predicted molar refractivity (Wildman–Crippen MR) is 38.6 cm³/mol. The van der Waals surface area contributed by atoms with Gasteiger partial charge < -0.3 is 4.74 Å². The van der Waals surface area contributed by atoms with E-state index in [0.717, 1.165) is 18.8 Å². The van der Waals surface area contributed by atoms with Crippen LogP contribution in [0.2, 0.25) is 0 Å². The molecule has 0 unspecified atom stereocenters. The number of hydrogen-bond donors (Lipinski definition) is 0. The van der Waals surface area contributed by atoms with Crippen LogP contribution in [-0.2, 0) is 9.53 Å². The van der Waals surface area contributed by atoms with Crippen LogP contribution in [0.15, 0.2) is 0 Å². The minimum absolute atomic E-state index is 0.216. The zero-order valence-electron chi connectivity index (χ0n) is 6.38. The Morgan fingerprint density at radius 3 is 2.40 bits per heavy atom. The van der Waals surface area contributed by atoms with Gasteiger partial charge in [-0.15, -0.1) is 0 Å². The van der Waals surface area contributed by atoms with E-state index < -0.39 is 0 Å². The third-order valence-electron chi connectivity index (χ3n) is 2.21. The Bertz CT molecular complexity index is 104. The lowest BCUT2D eigenvalue weighted by molar-refractivity contribution is -0.135. The Labute approximate surface area is 61.6 Å². The molecule has 0 saturated heterocycles. The smallest absolute Gasteiger partial charge is 0.293 e. The molecule has 1 aliphatic rings. The summed E-state index contributed by atoms with van der Waals surface area (Å²) in [5, 5.41) is 0. The summed E-state index contributed by atoms with van der Waals surface area (Å²) in [5.41, 5.74) is 0. The Hall–Kier alpha value is -0.530. The average molecular weight is 142 g/mol. The fourth-order valence-corrected chi connectivity index (χ4v) is 1.44. The summed E-state index contributed by atoms with van der Waals surface area (Å²) in [7, 11) is 0. The van der Waals surface area contributed by atoms with Gasteiger partial charge in [-0.2, -0.15) is 0 Å². The van der Waals surface area contributed by atoms with Crippen molar-refractivity contribution >= 4 is 6.47 Å². The Balaban J connectivity index is 2.19. The molecule has 1 fully saturated rings. The van der Waals surface area contributed by atoms with Crippen LogP contribution < -0.4 is 0 Å². The molecule has 0 aromatic heterocycles. The molecule has 0 atom stereocenters. The number of carbonyl (C=O) groups is 1. The number of rotatable bonds is 2. The first-order valence-corrected chi connectivity index (χ1v) is 3.92. The summed E-state index contributed by atoms with van der Waals surface area (Å²) in [5.74, 6) is 0.825. The van der Waals surface area contributed by atoms with E-state index in [0.29, 0.717) is 6.47 Å². The normalized spacial score (nSPS) is 33.3. The van der Waals surface area contributed by atoms with Gasteiger partial charge in [0.2, 0.25) is 0 Å². The topological polar surface area (TPSA) is 26.3 Å². The molecule has 0 heterocycles. The molecule has 0 spiro atoms. The van der Waals surface area contributed by atoms with E-state index in [1.54, 1.807) is 0 Å². The van der Waals surface area contributed by atoms with E-state index in [9.17, 15) is 4.79 Å². The van der Waals surface area contributed by atoms with Crippen LogP contribution in [-0.4, -0.2) is 12.6 Å². The minimum Gasteiger partial charge on any atom is -0.465 e. The van der Waals surface area contributed by atoms with Crippen molar-refractivity contribution in [1.29, 1.82) is 0 Å². The molecule has 1 rings (SSSR count). The molecule has 10 heavy (non-hydrogen) atoms. The largest absolute Gasteiger partial charge is 0.465 e. The maximum atomic E-state index is 9.93. The fourth-order valence-electron chi connectivity index (χ4n) is 1.44. The lowest BCUT2D eigenvalue weighted by Gasteiger charge is -2.24. The molecule has 0 aromatic carbocycles. The van der Waals surface area contributed by atoms with Gasteiger partial charge in [-0.05, 0) is 31.6 Å². The number of ether oxygens (including phenoxy) is 1. The van der Waals surface area contributed by atoms with Gasteiger partial charge in [0.25, 0.3) is 6.47 Å². The van der Waals surface area contributed by atoms with E-state index >= 15 is 0 Å². The maximum absolute atomic E-state index is 9.93. The SMILES string of the molecule is CC1CCC(OC=O)CC1. The minimum atomic E-state index is 0.216. The van der Waals surface area contributed by atoms with Gasteiger partial charge in [0.1, 0.15) is 6.10 Å². The molecule has 0 radical (unpaired) electrons. The second-order valence-electron chi connectivity index (χ2n) is 3.11. The van der Waals surface area contributed by atoms with Crippen molar-refractivity contribution in [2.45, 2.75) is 38.7 Å². The Morgan fingerprint density at radius 1 is 1.30 bits per heavy atom. The van der Waals surface area contributed by atoms with E-state index in [1.165, 1.54) is 12.8 Å². The molecule has 0 aromatic rings. The van der Waals surface area contributed by atoms with Crippen molar-refractivity contribution in [1.82, 2.24) is 0 Å². The van der Waals surface area contributed by atoms with E-state index in [1.807, 2.05) is 0 Å². The fraction of sp³-hybridized carbons (Fsp3) is 0.875. The van der Waals surface area contributed by atoms with Crippen molar-refractivity contribution in [2.24, 2.45) is 5.92 Å². The highest BCUT2D eigenvalue weighted by Gasteiger charge is 2.18. The lowest BCUT2D eigenvalue weighted by atomic mass is 9.89. The summed E-state index contributed by atoms with van der Waals surface area (Å²) in [6, 6.07) is 0. The summed E-state index contributed by atoms with van der Waals surface area (Å²) in [4.78, 5) is 9.93. The highest BCUT2D eigenvalue weighted by Crippen LogP contribution is 2.24. The number of hydrogen-bond acceptors (Lipinski definition) is 2. The third kappa shape index (κ3) is 2.01. The Kier molecular flexibility index (Phi) is 2.72. The molecule has 1 aliphatic carbocycles. The van der Waals surface area contributed by atoms with Crippen molar-refractivity contribution < 1.29 is 9.53 Å². The first kappa shape index (κ1) is 7.58. The monoisotopic (exact) mass is 142 g/mol. The molecule has 1 saturated carbocycles. The van der Waals surface area contributed by atoms with Gasteiger partial charge in [0.15, 0.2) is 0 Å². The van der Waals surface area contributed by atoms with Crippen molar-refractivity contribution in [3.8, 4) is 0 Å². The standard InChI is InChI=1S/C8H14O2/c1-7-2-4-8(5-3-7)10-6-9/h6-8H,2-5H2,1H3. The summed E-state index contributed by atoms with van der Waals surface area (Å²) in [6.07, 6.45) is 4.74. The maximum Gasteiger partial charge on any atom is 0.293 e. The first-order valence-electron chi connectivity index (χ1n) is 3.92. The van der Waals surface area contributed by atoms with Gasteiger partial charge in [-0.1, -0.05) is 6.92 Å². The van der Waals surface area contributed by atoms with Crippen LogP contribution in [0.3, 0.4) is 0 Å². The molecule has 58 valence electrons. The van der Waals surface area contributed by atoms with Crippen LogP contribution in [0.1, 0.15) is 32.6 Å². The second kappa shape index (κ2) is 3.59. The molecule has 0 bridgehead atoms. The second-order valence-corrected chi connectivity index (χ2v) is 3.11. The van der Waals surface area contributed by atoms with Crippen molar-refractivity contribution in [3.05, 3.63) is 0 Å². The zero-order valence-corrected chi connectivity index (χ0v) is 6.38. The predicted octanol–water partition coefficient (Wildman–Crippen LogP) is 1.74. The molecular formula is C8H14O2. The van der Waals surface area contributed by atoms with Crippen LogP contribution in [0.4, 0.5) is 0 Å². The van der Waals surface area contributed by atoms with Crippen molar-refractivity contribution in [3.63, 3.8) is 0 Å². The highest BCUT2D eigenvalue weighted by molar-refractivity contribution is 5.37. The number of carbonyl (C=O) groups excluding carboxylic acids is 1. The highest BCUT2D eigenvalue weighted by atomic mass is 16.5. The molecular weight excluding hydrogens is 128 g/mol. The summed E-state index contributed by atoms with van der Waals surface area (Å²) >= 11 is 0. The van der Waals surface area contributed by atoms with E-state index in [2.05, 4.69) is 6.92 Å². The van der Waals surface area contributed by atoms with Gasteiger partial charge in [0, 0.05) is 0 Å². The zero-order chi connectivity index (χ0) is 7.40. The quantitative estimate of drug-likeness (QED) is 0.549. The molecule has 0 aliphatic heterocycles. The van der Waals surface area contributed by atoms with Crippen LogP contribution in [0.25, 0.3) is 0 Å². The van der Waals surface area contributed by atoms with Crippen LogP contribution >= 0.6 is 0 Å². The first-order chi connectivity index (χ1) is 4.83. The Morgan fingerprint density at radius 2 is 1.90 bits per heavy atom. The average Bonchev–Trinajstić information content (AvgIpc) is 1.95. The van der Waals surface area contributed by atoms with Crippen molar-refractivity contribution in [2.75, 3.05) is 0 Å². The van der Waals surface area contributed by atoms with Gasteiger partial charge in [-0.25, -0.2) is 0 Å². The van der Waals surface area contributed by atoms with E-state index in [4.69, 9.17) is 4.74 Å². The molecule has 2 nitrogen and oxygen atoms in total. The third-order valence-corrected chi connectivity index (χ3v) is 2.21. The molecule has 0 amide bonds. The van der Waals surface area contributed by atoms with Gasteiger partial charge in [-0.3, -0.25) is 4.79 Å². The molecule has 0 N–H and O–H groups in total. The van der Waals surface area contributed by atoms with Crippen LogP contribution in [0, 0.1) is 5.92 Å². The van der Waals surface area contributed by atoms with Gasteiger partial charge in [0.05, 0.1) is 0 Å². The lowest BCUT2D eigenvalue weighted by Crippen LogP contribution is -2.19. The summed E-state index contributed by atoms with van der Waals surface area (Å²) in [6.45, 7) is 2.82. The summed E-state index contributed by atoms with van der Waals surface area (Å²) < 4.78 is 4.85. The molecule has 2 heteroatoms. The van der Waals surface area contributed by atoms with Gasteiger partial charge >= 0.3 is 0 Å². The van der Waals surface area contributed by atoms with Crippen LogP contribution in [0.5, 0.6) is 0 Å². The van der Waals surface area contributed by atoms with E-state index in [-0.39, 0.29) is 6.10 Å².